The highest BCUT2D eigenvalue weighted by Crippen LogP contribution is 2.41. The molecule has 4 rings (SSSR count). The van der Waals surface area contributed by atoms with E-state index < -0.39 is 46.4 Å². The van der Waals surface area contributed by atoms with Crippen LogP contribution in [0.3, 0.4) is 0 Å². The predicted molar refractivity (Wildman–Crippen MR) is 137 cm³/mol. The molecule has 14 heteroatoms. The highest BCUT2D eigenvalue weighted by atomic mass is 19.4. The highest BCUT2D eigenvalue weighted by Gasteiger charge is 2.48. The Morgan fingerprint density at radius 3 is 2.20 bits per heavy atom. The number of rotatable bonds is 8. The second-order valence-corrected chi connectivity index (χ2v) is 10.0. The van der Waals surface area contributed by atoms with E-state index in [1.54, 1.807) is 6.92 Å². The first-order valence-corrected chi connectivity index (χ1v) is 12.6. The molecule has 2 aromatic carbocycles. The number of nitrogens with zero attached hydrogens (tertiary/aromatic N) is 3. The summed E-state index contributed by atoms with van der Waals surface area (Å²) >= 11 is 0. The standard InChI is InChI=1S/C27H29F6N5O3/c1-17(19-11-21(26(28,29)30)13-22(12-19)27(31,32)33)41-15-24(20-7-5-4-6-8-20)9-10-25(14-34-24,18(2)37-40-3)38-16-35-36-23(38)39/h4-8,11-13,16-17,34H,9-10,14-15H2,1-3H3,(H,36,39)/t17-,24-,25+/m1/s1. The minimum atomic E-state index is -4.97. The van der Waals surface area contributed by atoms with Gasteiger partial charge in [0.2, 0.25) is 0 Å². The predicted octanol–water partition coefficient (Wildman–Crippen LogP) is 5.38. The molecule has 222 valence electrons. The number of oxime groups is 1. The number of benzene rings is 2. The number of H-pyrrole nitrogens is 1. The maximum Gasteiger partial charge on any atom is 0.416 e. The lowest BCUT2D eigenvalue weighted by atomic mass is 9.74. The molecule has 2 N–H and O–H groups in total. The van der Waals surface area contributed by atoms with Gasteiger partial charge in [-0.15, -0.1) is 0 Å². The molecule has 8 nitrogen and oxygen atoms in total. The average Bonchev–Trinajstić information content (AvgIpc) is 3.37. The van der Waals surface area contributed by atoms with Crippen molar-refractivity contribution in [3.05, 3.63) is 87.6 Å². The van der Waals surface area contributed by atoms with E-state index in [1.165, 1.54) is 24.9 Å². The van der Waals surface area contributed by atoms with Crippen molar-refractivity contribution in [1.29, 1.82) is 0 Å². The molecule has 0 amide bonds. The highest BCUT2D eigenvalue weighted by molar-refractivity contribution is 5.89. The number of piperidine rings is 1. The monoisotopic (exact) mass is 585 g/mol. The Hall–Kier alpha value is -3.65. The molecule has 2 heterocycles. The first-order chi connectivity index (χ1) is 19.2. The van der Waals surface area contributed by atoms with Gasteiger partial charge < -0.3 is 14.9 Å². The lowest BCUT2D eigenvalue weighted by Crippen LogP contribution is -2.62. The summed E-state index contributed by atoms with van der Waals surface area (Å²) in [5.41, 5.74) is -4.10. The van der Waals surface area contributed by atoms with Gasteiger partial charge in [0.05, 0.1) is 35.1 Å². The molecule has 0 unspecified atom stereocenters. The van der Waals surface area contributed by atoms with E-state index in [2.05, 4.69) is 20.7 Å². The Balaban J connectivity index is 1.66. The van der Waals surface area contributed by atoms with Crippen molar-refractivity contribution in [3.63, 3.8) is 0 Å². The fraction of sp³-hybridized carbons (Fsp3) is 0.444. The maximum atomic E-state index is 13.4. The minimum absolute atomic E-state index is 0.0890. The molecule has 1 saturated heterocycles. The topological polar surface area (TPSA) is 93.5 Å². The number of hydrogen-bond acceptors (Lipinski definition) is 6. The van der Waals surface area contributed by atoms with Crippen LogP contribution in [0.1, 0.15) is 55.0 Å². The average molecular weight is 586 g/mol. The SMILES string of the molecule is CON=C(C)[C@]1(n2cn[nH]c2=O)CC[C@@](CO[C@H](C)c2cc(C(F)(F)F)cc(C(F)(F)F)c2)(c2ccccc2)NC1. The van der Waals surface area contributed by atoms with Gasteiger partial charge in [0.15, 0.2) is 0 Å². The van der Waals surface area contributed by atoms with Gasteiger partial charge in [-0.3, -0.25) is 4.57 Å². The number of hydrogen-bond donors (Lipinski definition) is 2. The summed E-state index contributed by atoms with van der Waals surface area (Å²) in [6.07, 6.45) is -8.98. The third-order valence-corrected chi connectivity index (χ3v) is 7.59. The van der Waals surface area contributed by atoms with Crippen LogP contribution in [0.4, 0.5) is 26.3 Å². The van der Waals surface area contributed by atoms with Gasteiger partial charge in [-0.25, -0.2) is 9.89 Å². The van der Waals surface area contributed by atoms with Gasteiger partial charge in [0.1, 0.15) is 19.0 Å². The van der Waals surface area contributed by atoms with Crippen LogP contribution in [0.25, 0.3) is 0 Å². The van der Waals surface area contributed by atoms with Crippen LogP contribution >= 0.6 is 0 Å². The Labute approximate surface area is 231 Å². The number of aromatic amines is 1. The zero-order valence-corrected chi connectivity index (χ0v) is 22.4. The van der Waals surface area contributed by atoms with Crippen LogP contribution in [-0.4, -0.2) is 40.7 Å². The van der Waals surface area contributed by atoms with Gasteiger partial charge in [-0.05, 0) is 56.0 Å². The Bertz CT molecular complexity index is 1390. The molecule has 3 atom stereocenters. The van der Waals surface area contributed by atoms with Crippen molar-refractivity contribution in [2.24, 2.45) is 5.16 Å². The Morgan fingerprint density at radius 1 is 1.07 bits per heavy atom. The van der Waals surface area contributed by atoms with E-state index in [-0.39, 0.29) is 24.8 Å². The second-order valence-electron chi connectivity index (χ2n) is 10.0. The molecule has 0 saturated carbocycles. The number of nitrogens with one attached hydrogen (secondary N) is 2. The molecule has 1 aromatic heterocycles. The first-order valence-electron chi connectivity index (χ1n) is 12.6. The third-order valence-electron chi connectivity index (χ3n) is 7.59. The summed E-state index contributed by atoms with van der Waals surface area (Å²) in [5.74, 6) is 0. The number of ether oxygens (including phenoxy) is 1. The summed E-state index contributed by atoms with van der Waals surface area (Å²) in [4.78, 5) is 17.5. The van der Waals surface area contributed by atoms with E-state index in [1.807, 2.05) is 30.3 Å². The summed E-state index contributed by atoms with van der Waals surface area (Å²) in [6.45, 7) is 3.19. The van der Waals surface area contributed by atoms with E-state index in [0.717, 1.165) is 5.56 Å². The molecule has 0 spiro atoms. The Morgan fingerprint density at radius 2 is 1.71 bits per heavy atom. The fourth-order valence-corrected chi connectivity index (χ4v) is 5.16. The number of aromatic nitrogens is 3. The van der Waals surface area contributed by atoms with E-state index in [0.29, 0.717) is 30.7 Å². The van der Waals surface area contributed by atoms with E-state index in [9.17, 15) is 31.1 Å². The van der Waals surface area contributed by atoms with Crippen LogP contribution in [0.5, 0.6) is 0 Å². The van der Waals surface area contributed by atoms with Crippen LogP contribution in [0.2, 0.25) is 0 Å². The molecular formula is C27H29F6N5O3. The lowest BCUT2D eigenvalue weighted by molar-refractivity contribution is -0.143. The van der Waals surface area contributed by atoms with E-state index in [4.69, 9.17) is 9.57 Å². The van der Waals surface area contributed by atoms with Gasteiger partial charge >= 0.3 is 18.0 Å². The molecular weight excluding hydrogens is 556 g/mol. The molecule has 0 bridgehead atoms. The zero-order chi connectivity index (χ0) is 30.1. The second kappa shape index (κ2) is 11.3. The number of halogens is 6. The molecule has 3 aromatic rings. The maximum absolute atomic E-state index is 13.4. The smallest absolute Gasteiger partial charge is 0.399 e. The van der Waals surface area contributed by atoms with Crippen LogP contribution in [-0.2, 0) is 33.0 Å². The lowest BCUT2D eigenvalue weighted by Gasteiger charge is -2.47. The zero-order valence-electron chi connectivity index (χ0n) is 22.4. The van der Waals surface area contributed by atoms with E-state index >= 15 is 0 Å². The van der Waals surface area contributed by atoms with Gasteiger partial charge in [0.25, 0.3) is 0 Å². The van der Waals surface area contributed by atoms with Gasteiger partial charge in [-0.2, -0.15) is 31.4 Å². The molecule has 0 radical (unpaired) electrons. The van der Waals surface area contributed by atoms with Gasteiger partial charge in [0, 0.05) is 6.54 Å². The number of alkyl halides is 6. The van der Waals surface area contributed by atoms with Crippen molar-refractivity contribution < 1.29 is 35.9 Å². The summed E-state index contributed by atoms with van der Waals surface area (Å²) in [5, 5.41) is 13.7. The summed E-state index contributed by atoms with van der Waals surface area (Å²) < 4.78 is 88.0. The van der Waals surface area contributed by atoms with Gasteiger partial charge in [-0.1, -0.05) is 35.5 Å². The fourth-order valence-electron chi connectivity index (χ4n) is 5.16. The third kappa shape index (κ3) is 6.17. The minimum Gasteiger partial charge on any atom is -0.399 e. The quantitative estimate of drug-likeness (QED) is 0.210. The normalized spacial score (nSPS) is 22.9. The van der Waals surface area contributed by atoms with Crippen LogP contribution < -0.4 is 11.0 Å². The molecule has 41 heavy (non-hydrogen) atoms. The molecule has 1 aliphatic rings. The van der Waals surface area contributed by atoms with Crippen molar-refractivity contribution >= 4 is 5.71 Å². The summed E-state index contributed by atoms with van der Waals surface area (Å²) in [6, 6.07) is 10.6. The Kier molecular flexibility index (Phi) is 8.37. The molecule has 1 fully saturated rings. The molecule has 0 aliphatic carbocycles. The van der Waals surface area contributed by atoms with Crippen molar-refractivity contribution in [1.82, 2.24) is 20.1 Å². The largest absolute Gasteiger partial charge is 0.416 e. The van der Waals surface area contributed by atoms with Crippen molar-refractivity contribution in [2.45, 2.75) is 56.2 Å². The summed E-state index contributed by atoms with van der Waals surface area (Å²) in [7, 11) is 1.38. The van der Waals surface area contributed by atoms with Crippen molar-refractivity contribution in [2.75, 3.05) is 20.3 Å². The molecule has 1 aliphatic heterocycles. The van der Waals surface area contributed by atoms with Crippen LogP contribution in [0, 0.1) is 0 Å². The van der Waals surface area contributed by atoms with Crippen molar-refractivity contribution in [3.8, 4) is 0 Å². The first kappa shape index (κ1) is 30.3. The van der Waals surface area contributed by atoms with Crippen LogP contribution in [0.15, 0.2) is 64.8 Å².